The topological polar surface area (TPSA) is 79.4 Å². The predicted molar refractivity (Wildman–Crippen MR) is 118 cm³/mol. The number of aromatic nitrogens is 1. The molecule has 0 aliphatic carbocycles. The zero-order valence-corrected chi connectivity index (χ0v) is 17.6. The standard InChI is InChI=1S/C22H20ClN3O3S/c1-2-13-26(19-8-4-3-5-9-19)30(28,29)21-14-18(10-11-20(21)23)22(27)25-16-17-7-6-12-24-15-17/h2-12,14-15H,1,13,16H2,(H,25,27). The third-order valence-electron chi connectivity index (χ3n) is 4.28. The Hall–Kier alpha value is -3.16. The molecule has 154 valence electrons. The molecule has 30 heavy (non-hydrogen) atoms. The van der Waals surface area contributed by atoms with Gasteiger partial charge in [0.2, 0.25) is 0 Å². The molecule has 2 aromatic carbocycles. The number of para-hydroxylation sites is 1. The number of nitrogens with zero attached hydrogens (tertiary/aromatic N) is 2. The highest BCUT2D eigenvalue weighted by Crippen LogP contribution is 2.29. The summed E-state index contributed by atoms with van der Waals surface area (Å²) in [7, 11) is -4.03. The number of carbonyl (C=O) groups is 1. The number of halogens is 1. The molecule has 6 nitrogen and oxygen atoms in total. The van der Waals surface area contributed by atoms with Crippen molar-refractivity contribution in [3.8, 4) is 0 Å². The van der Waals surface area contributed by atoms with E-state index in [1.807, 2.05) is 6.07 Å². The van der Waals surface area contributed by atoms with Crippen molar-refractivity contribution in [2.24, 2.45) is 0 Å². The highest BCUT2D eigenvalue weighted by atomic mass is 35.5. The lowest BCUT2D eigenvalue weighted by atomic mass is 10.2. The van der Waals surface area contributed by atoms with Crippen LogP contribution < -0.4 is 9.62 Å². The largest absolute Gasteiger partial charge is 0.348 e. The Balaban J connectivity index is 1.91. The van der Waals surface area contributed by atoms with Gasteiger partial charge in [-0.3, -0.25) is 14.1 Å². The summed E-state index contributed by atoms with van der Waals surface area (Å²) < 4.78 is 27.9. The molecule has 0 aliphatic rings. The van der Waals surface area contributed by atoms with Gasteiger partial charge in [-0.25, -0.2) is 8.42 Å². The fraction of sp³-hybridized carbons (Fsp3) is 0.0909. The Kier molecular flexibility index (Phi) is 6.87. The number of hydrogen-bond donors (Lipinski definition) is 1. The van der Waals surface area contributed by atoms with Gasteiger partial charge in [0.25, 0.3) is 15.9 Å². The van der Waals surface area contributed by atoms with Crippen LogP contribution in [0.1, 0.15) is 15.9 Å². The van der Waals surface area contributed by atoms with Gasteiger partial charge in [-0.2, -0.15) is 0 Å². The molecule has 0 unspecified atom stereocenters. The van der Waals surface area contributed by atoms with Crippen LogP contribution in [0.4, 0.5) is 5.69 Å². The van der Waals surface area contributed by atoms with Gasteiger partial charge in [-0.05, 0) is 42.0 Å². The molecule has 0 aliphatic heterocycles. The lowest BCUT2D eigenvalue weighted by molar-refractivity contribution is 0.0950. The molecule has 1 aromatic heterocycles. The van der Waals surface area contributed by atoms with Crippen LogP contribution in [-0.4, -0.2) is 25.9 Å². The van der Waals surface area contributed by atoms with E-state index in [1.165, 1.54) is 28.6 Å². The van der Waals surface area contributed by atoms with E-state index in [0.29, 0.717) is 5.69 Å². The highest BCUT2D eigenvalue weighted by molar-refractivity contribution is 7.93. The van der Waals surface area contributed by atoms with Gasteiger partial charge in [-0.1, -0.05) is 41.9 Å². The monoisotopic (exact) mass is 441 g/mol. The maximum absolute atomic E-state index is 13.4. The van der Waals surface area contributed by atoms with Gasteiger partial charge in [0.05, 0.1) is 17.3 Å². The van der Waals surface area contributed by atoms with E-state index < -0.39 is 15.9 Å². The Morgan fingerprint density at radius 2 is 1.90 bits per heavy atom. The maximum Gasteiger partial charge on any atom is 0.266 e. The molecule has 0 fully saturated rings. The molecule has 0 spiro atoms. The number of amides is 1. The molecule has 1 N–H and O–H groups in total. The van der Waals surface area contributed by atoms with Crippen molar-refractivity contribution in [3.63, 3.8) is 0 Å². The number of pyridine rings is 1. The number of benzene rings is 2. The summed E-state index contributed by atoms with van der Waals surface area (Å²) in [5.74, 6) is -0.415. The Morgan fingerprint density at radius 1 is 1.13 bits per heavy atom. The van der Waals surface area contributed by atoms with E-state index in [4.69, 9.17) is 11.6 Å². The normalized spacial score (nSPS) is 11.0. The summed E-state index contributed by atoms with van der Waals surface area (Å²) in [5, 5.41) is 2.78. The minimum atomic E-state index is -4.03. The number of sulfonamides is 1. The van der Waals surface area contributed by atoms with Crippen molar-refractivity contribution >= 4 is 33.2 Å². The second-order valence-electron chi connectivity index (χ2n) is 6.35. The van der Waals surface area contributed by atoms with E-state index in [-0.39, 0.29) is 28.6 Å². The first-order valence-corrected chi connectivity index (χ1v) is 10.9. The quantitative estimate of drug-likeness (QED) is 0.535. The van der Waals surface area contributed by atoms with Gasteiger partial charge in [0.15, 0.2) is 0 Å². The molecule has 1 heterocycles. The Bertz CT molecular complexity index is 1140. The third-order valence-corrected chi connectivity index (χ3v) is 6.55. The fourth-order valence-corrected chi connectivity index (χ4v) is 4.74. The second kappa shape index (κ2) is 9.56. The summed E-state index contributed by atoms with van der Waals surface area (Å²) in [5.41, 5.74) is 1.49. The van der Waals surface area contributed by atoms with Crippen molar-refractivity contribution in [2.45, 2.75) is 11.4 Å². The lowest BCUT2D eigenvalue weighted by Gasteiger charge is -2.24. The summed E-state index contributed by atoms with van der Waals surface area (Å²) >= 11 is 6.22. The second-order valence-corrected chi connectivity index (χ2v) is 8.59. The van der Waals surface area contributed by atoms with Crippen LogP contribution in [0.2, 0.25) is 5.02 Å². The summed E-state index contributed by atoms with van der Waals surface area (Å²) in [4.78, 5) is 16.4. The number of carbonyl (C=O) groups excluding carboxylic acids is 1. The molecule has 3 rings (SSSR count). The van der Waals surface area contributed by atoms with Gasteiger partial charge in [0, 0.05) is 24.5 Å². The molecule has 8 heteroatoms. The van der Waals surface area contributed by atoms with E-state index >= 15 is 0 Å². The van der Waals surface area contributed by atoms with Crippen molar-refractivity contribution < 1.29 is 13.2 Å². The van der Waals surface area contributed by atoms with Crippen LogP contribution in [0, 0.1) is 0 Å². The molecule has 3 aromatic rings. The fourth-order valence-electron chi connectivity index (χ4n) is 2.80. The number of rotatable bonds is 8. The molecule has 0 atom stereocenters. The van der Waals surface area contributed by atoms with Crippen LogP contribution in [0.25, 0.3) is 0 Å². The number of anilines is 1. The van der Waals surface area contributed by atoms with Crippen LogP contribution in [0.5, 0.6) is 0 Å². The molecule has 1 amide bonds. The zero-order valence-electron chi connectivity index (χ0n) is 16.0. The van der Waals surface area contributed by atoms with Gasteiger partial charge < -0.3 is 5.32 Å². The molecule has 0 saturated carbocycles. The first-order chi connectivity index (χ1) is 14.4. The van der Waals surface area contributed by atoms with Crippen LogP contribution >= 0.6 is 11.6 Å². The lowest BCUT2D eigenvalue weighted by Crippen LogP contribution is -2.31. The first-order valence-electron chi connectivity index (χ1n) is 9.09. The van der Waals surface area contributed by atoms with Gasteiger partial charge in [-0.15, -0.1) is 6.58 Å². The Labute approximate surface area is 180 Å². The van der Waals surface area contributed by atoms with E-state index in [2.05, 4.69) is 16.9 Å². The van der Waals surface area contributed by atoms with Crippen molar-refractivity contribution in [3.05, 3.63) is 102 Å². The van der Waals surface area contributed by atoms with Gasteiger partial charge in [0.1, 0.15) is 4.90 Å². The van der Waals surface area contributed by atoms with Crippen molar-refractivity contribution in [2.75, 3.05) is 10.8 Å². The number of hydrogen-bond acceptors (Lipinski definition) is 4. The first kappa shape index (κ1) is 21.5. The maximum atomic E-state index is 13.4. The minimum absolute atomic E-state index is 0.0313. The molecular formula is C22H20ClN3O3S. The van der Waals surface area contributed by atoms with E-state index in [0.717, 1.165) is 5.56 Å². The van der Waals surface area contributed by atoms with Gasteiger partial charge >= 0.3 is 0 Å². The van der Waals surface area contributed by atoms with Crippen LogP contribution in [0.3, 0.4) is 0 Å². The zero-order chi connectivity index (χ0) is 21.6. The van der Waals surface area contributed by atoms with Crippen LogP contribution in [0.15, 0.2) is 90.6 Å². The Morgan fingerprint density at radius 3 is 2.57 bits per heavy atom. The number of nitrogens with one attached hydrogen (secondary N) is 1. The molecule has 0 radical (unpaired) electrons. The molecule has 0 bridgehead atoms. The van der Waals surface area contributed by atoms with E-state index in [1.54, 1.807) is 48.8 Å². The minimum Gasteiger partial charge on any atom is -0.348 e. The predicted octanol–water partition coefficient (Wildman–Crippen LogP) is 4.05. The third kappa shape index (κ3) is 4.87. The average Bonchev–Trinajstić information content (AvgIpc) is 2.77. The summed E-state index contributed by atoms with van der Waals surface area (Å²) in [6.45, 7) is 3.97. The molecular weight excluding hydrogens is 422 g/mol. The summed E-state index contributed by atoms with van der Waals surface area (Å²) in [6.07, 6.45) is 4.78. The van der Waals surface area contributed by atoms with Crippen LogP contribution in [-0.2, 0) is 16.6 Å². The van der Waals surface area contributed by atoms with E-state index in [9.17, 15) is 13.2 Å². The molecule has 0 saturated heterocycles. The smallest absolute Gasteiger partial charge is 0.266 e. The summed E-state index contributed by atoms with van der Waals surface area (Å²) in [6, 6.07) is 16.4. The highest BCUT2D eigenvalue weighted by Gasteiger charge is 2.27. The SMILES string of the molecule is C=CCN(c1ccccc1)S(=O)(=O)c1cc(C(=O)NCc2cccnc2)ccc1Cl. The average molecular weight is 442 g/mol. The van der Waals surface area contributed by atoms with Crippen molar-refractivity contribution in [1.82, 2.24) is 10.3 Å². The van der Waals surface area contributed by atoms with Crippen molar-refractivity contribution in [1.29, 1.82) is 0 Å².